The van der Waals surface area contributed by atoms with E-state index in [4.69, 9.17) is 14.2 Å². The lowest BCUT2D eigenvalue weighted by Crippen LogP contribution is -2.30. The zero-order chi connectivity index (χ0) is 20.5. The summed E-state index contributed by atoms with van der Waals surface area (Å²) in [5.74, 6) is -0.343. The van der Waals surface area contributed by atoms with Gasteiger partial charge in [0, 0.05) is 17.4 Å². The van der Waals surface area contributed by atoms with Crippen molar-refractivity contribution >= 4 is 5.97 Å². The molecule has 1 unspecified atom stereocenters. The molecule has 1 aliphatic heterocycles. The number of esters is 1. The molecule has 0 amide bonds. The molecule has 2 aromatic rings. The summed E-state index contributed by atoms with van der Waals surface area (Å²) in [4.78, 5) is 13.1. The van der Waals surface area contributed by atoms with Crippen molar-refractivity contribution in [3.8, 4) is 11.8 Å². The first-order valence-corrected chi connectivity index (χ1v) is 9.86. The van der Waals surface area contributed by atoms with Crippen molar-refractivity contribution in [1.82, 2.24) is 0 Å². The molecule has 0 N–H and O–H groups in total. The van der Waals surface area contributed by atoms with Gasteiger partial charge in [0.1, 0.15) is 18.6 Å². The third-order valence-corrected chi connectivity index (χ3v) is 4.90. The highest BCUT2D eigenvalue weighted by molar-refractivity contribution is 5.91. The predicted molar refractivity (Wildman–Crippen MR) is 109 cm³/mol. The molecule has 0 spiro atoms. The second kappa shape index (κ2) is 10.6. The molecular formula is C24H25NO4. The van der Waals surface area contributed by atoms with Crippen LogP contribution in [-0.2, 0) is 14.3 Å². The summed E-state index contributed by atoms with van der Waals surface area (Å²) < 4.78 is 16.5. The van der Waals surface area contributed by atoms with E-state index in [1.54, 1.807) is 24.3 Å². The quantitative estimate of drug-likeness (QED) is 0.392. The second-order valence-corrected chi connectivity index (χ2v) is 6.98. The van der Waals surface area contributed by atoms with Gasteiger partial charge in [0.25, 0.3) is 0 Å². The third-order valence-electron chi connectivity index (χ3n) is 4.90. The van der Waals surface area contributed by atoms with Crippen LogP contribution in [0.5, 0.6) is 5.75 Å². The van der Waals surface area contributed by atoms with Crippen LogP contribution in [0.15, 0.2) is 66.2 Å². The smallest absolute Gasteiger partial charge is 0.339 e. The Bertz CT molecular complexity index is 879. The van der Waals surface area contributed by atoms with Gasteiger partial charge >= 0.3 is 5.97 Å². The van der Waals surface area contributed by atoms with Gasteiger partial charge in [-0.15, -0.1) is 0 Å². The molecule has 5 nitrogen and oxygen atoms in total. The van der Waals surface area contributed by atoms with Crippen molar-refractivity contribution in [1.29, 1.82) is 5.26 Å². The van der Waals surface area contributed by atoms with Gasteiger partial charge in [-0.25, -0.2) is 4.79 Å². The number of benzene rings is 2. The molecule has 1 saturated heterocycles. The number of para-hydroxylation sites is 1. The van der Waals surface area contributed by atoms with E-state index in [0.29, 0.717) is 24.4 Å². The van der Waals surface area contributed by atoms with Gasteiger partial charge < -0.3 is 14.2 Å². The Morgan fingerprint density at radius 1 is 1.17 bits per heavy atom. The number of carbonyl (C=O) groups excluding carboxylic acids is 1. The van der Waals surface area contributed by atoms with E-state index in [9.17, 15) is 10.1 Å². The lowest BCUT2D eigenvalue weighted by Gasteiger charge is -2.25. The van der Waals surface area contributed by atoms with Gasteiger partial charge in [0.15, 0.2) is 0 Å². The van der Waals surface area contributed by atoms with Crippen molar-refractivity contribution in [3.05, 3.63) is 77.4 Å². The highest BCUT2D eigenvalue weighted by Gasteiger charge is 2.28. The lowest BCUT2D eigenvalue weighted by molar-refractivity contribution is -0.138. The van der Waals surface area contributed by atoms with Gasteiger partial charge in [0.05, 0.1) is 18.8 Å². The first-order chi connectivity index (χ1) is 14.2. The average molecular weight is 391 g/mol. The minimum absolute atomic E-state index is 0.0805. The van der Waals surface area contributed by atoms with Crippen molar-refractivity contribution in [3.63, 3.8) is 0 Å². The minimum Gasteiger partial charge on any atom is -0.422 e. The SMILES string of the molecule is CCCC(C=C(C(=O)Oc1ccccc1C#N)C1COCOC1)c1ccccc1. The highest BCUT2D eigenvalue weighted by atomic mass is 16.7. The molecule has 29 heavy (non-hydrogen) atoms. The van der Waals surface area contributed by atoms with Crippen LogP contribution in [0, 0.1) is 17.2 Å². The Labute approximate surface area is 171 Å². The van der Waals surface area contributed by atoms with Gasteiger partial charge in [0.2, 0.25) is 0 Å². The first-order valence-electron chi connectivity index (χ1n) is 9.86. The third kappa shape index (κ3) is 5.54. The van der Waals surface area contributed by atoms with E-state index < -0.39 is 5.97 Å². The fraction of sp³-hybridized carbons (Fsp3) is 0.333. The van der Waals surface area contributed by atoms with Crippen LogP contribution in [0.3, 0.4) is 0 Å². The molecule has 5 heteroatoms. The Hall–Kier alpha value is -2.94. The maximum Gasteiger partial charge on any atom is 0.339 e. The monoisotopic (exact) mass is 391 g/mol. The molecule has 2 aromatic carbocycles. The van der Waals surface area contributed by atoms with Crippen molar-refractivity contribution in [2.24, 2.45) is 5.92 Å². The number of carbonyl (C=O) groups is 1. The maximum atomic E-state index is 13.1. The van der Waals surface area contributed by atoms with E-state index in [-0.39, 0.29) is 24.4 Å². The van der Waals surface area contributed by atoms with Crippen LogP contribution in [0.25, 0.3) is 0 Å². The summed E-state index contributed by atoms with van der Waals surface area (Å²) in [7, 11) is 0. The largest absolute Gasteiger partial charge is 0.422 e. The summed E-state index contributed by atoms with van der Waals surface area (Å²) in [5, 5.41) is 9.29. The number of hydrogen-bond acceptors (Lipinski definition) is 5. The molecule has 1 aliphatic rings. The minimum atomic E-state index is -0.469. The number of rotatable bonds is 7. The lowest BCUT2D eigenvalue weighted by atomic mass is 9.88. The molecular weight excluding hydrogens is 366 g/mol. The van der Waals surface area contributed by atoms with Crippen molar-refractivity contribution in [2.45, 2.75) is 25.7 Å². The Balaban J connectivity index is 1.93. The molecule has 0 aromatic heterocycles. The summed E-state index contributed by atoms with van der Waals surface area (Å²) >= 11 is 0. The summed E-state index contributed by atoms with van der Waals surface area (Å²) in [6.07, 6.45) is 3.87. The van der Waals surface area contributed by atoms with E-state index in [2.05, 4.69) is 25.1 Å². The van der Waals surface area contributed by atoms with Gasteiger partial charge in [-0.2, -0.15) is 5.26 Å². The maximum absolute atomic E-state index is 13.1. The summed E-state index contributed by atoms with van der Waals surface area (Å²) in [5.41, 5.74) is 2.00. The van der Waals surface area contributed by atoms with E-state index >= 15 is 0 Å². The fourth-order valence-corrected chi connectivity index (χ4v) is 3.42. The average Bonchev–Trinajstić information content (AvgIpc) is 2.78. The van der Waals surface area contributed by atoms with E-state index in [0.717, 1.165) is 18.4 Å². The molecule has 3 rings (SSSR count). The van der Waals surface area contributed by atoms with Crippen molar-refractivity contribution < 1.29 is 19.0 Å². The topological polar surface area (TPSA) is 68.6 Å². The molecule has 0 aliphatic carbocycles. The molecule has 1 heterocycles. The van der Waals surface area contributed by atoms with Gasteiger partial charge in [-0.05, 0) is 24.1 Å². The second-order valence-electron chi connectivity index (χ2n) is 6.98. The van der Waals surface area contributed by atoms with E-state index in [1.165, 1.54) is 0 Å². The number of hydrogen-bond donors (Lipinski definition) is 0. The number of nitrogens with zero attached hydrogens (tertiary/aromatic N) is 1. The molecule has 1 fully saturated rings. The molecule has 150 valence electrons. The number of nitriles is 1. The molecule has 0 radical (unpaired) electrons. The Kier molecular flexibility index (Phi) is 7.57. The number of allylic oxidation sites excluding steroid dienone is 1. The van der Waals surface area contributed by atoms with E-state index in [1.807, 2.05) is 24.3 Å². The standard InChI is InChI=1S/C24H25NO4/c1-2-8-19(18-9-4-3-5-10-18)13-22(21-15-27-17-28-16-21)24(26)29-23-12-7-6-11-20(23)14-25/h3-7,9-13,19,21H,2,8,15-17H2,1H3. The normalized spacial score (nSPS) is 16.1. The first kappa shape index (κ1) is 20.8. The molecule has 1 atom stereocenters. The Morgan fingerprint density at radius 3 is 2.55 bits per heavy atom. The summed E-state index contributed by atoms with van der Waals surface area (Å²) in [6.45, 7) is 3.15. The zero-order valence-corrected chi connectivity index (χ0v) is 16.5. The van der Waals surface area contributed by atoms with Crippen LogP contribution in [0.2, 0.25) is 0 Å². The fourth-order valence-electron chi connectivity index (χ4n) is 3.42. The van der Waals surface area contributed by atoms with Crippen LogP contribution in [-0.4, -0.2) is 26.0 Å². The summed E-state index contributed by atoms with van der Waals surface area (Å²) in [6, 6.07) is 18.9. The molecule has 0 saturated carbocycles. The van der Waals surface area contributed by atoms with Crippen LogP contribution < -0.4 is 4.74 Å². The van der Waals surface area contributed by atoms with Gasteiger partial charge in [-0.3, -0.25) is 0 Å². The number of ether oxygens (including phenoxy) is 3. The predicted octanol–water partition coefficient (Wildman–Crippen LogP) is 4.59. The highest BCUT2D eigenvalue weighted by Crippen LogP contribution is 2.29. The van der Waals surface area contributed by atoms with Crippen LogP contribution in [0.1, 0.15) is 36.8 Å². The molecule has 0 bridgehead atoms. The zero-order valence-electron chi connectivity index (χ0n) is 16.5. The van der Waals surface area contributed by atoms with Crippen molar-refractivity contribution in [2.75, 3.05) is 20.0 Å². The van der Waals surface area contributed by atoms with Crippen LogP contribution in [0.4, 0.5) is 0 Å². The Morgan fingerprint density at radius 2 is 1.86 bits per heavy atom. The van der Waals surface area contributed by atoms with Gasteiger partial charge in [-0.1, -0.05) is 61.9 Å². The van der Waals surface area contributed by atoms with Crippen LogP contribution >= 0.6 is 0 Å².